The van der Waals surface area contributed by atoms with Crippen molar-refractivity contribution in [3.05, 3.63) is 49.3 Å². The molecule has 126 valence electrons. The smallest absolute Gasteiger partial charge is 0.249 e. The first-order valence-electron chi connectivity index (χ1n) is 8.02. The highest BCUT2D eigenvalue weighted by atomic mass is 16.5. The van der Waals surface area contributed by atoms with Crippen LogP contribution in [0, 0.1) is 0 Å². The summed E-state index contributed by atoms with van der Waals surface area (Å²) < 4.78 is 7.04. The zero-order valence-corrected chi connectivity index (χ0v) is 13.6. The van der Waals surface area contributed by atoms with Gasteiger partial charge in [-0.1, -0.05) is 0 Å². The lowest BCUT2D eigenvalue weighted by molar-refractivity contribution is -0.119. The van der Waals surface area contributed by atoms with Crippen LogP contribution in [0.1, 0.15) is 25.8 Å². The van der Waals surface area contributed by atoms with Gasteiger partial charge in [-0.15, -0.1) is 0 Å². The molecule has 0 bridgehead atoms. The van der Waals surface area contributed by atoms with Crippen molar-refractivity contribution in [3.63, 3.8) is 0 Å². The number of allylic oxidation sites excluding steroid dienone is 1. The van der Waals surface area contributed by atoms with Crippen LogP contribution < -0.4 is 10.6 Å². The fourth-order valence-corrected chi connectivity index (χ4v) is 2.42. The molecular formula is C17H21N5O2. The molecule has 2 heterocycles. The molecule has 0 aliphatic carbocycles. The number of amides is 1. The van der Waals surface area contributed by atoms with E-state index in [1.54, 1.807) is 13.2 Å². The molecule has 24 heavy (non-hydrogen) atoms. The van der Waals surface area contributed by atoms with Gasteiger partial charge < -0.3 is 15.4 Å². The summed E-state index contributed by atoms with van der Waals surface area (Å²) in [6.45, 7) is 2.54. The second kappa shape index (κ2) is 7.63. The van der Waals surface area contributed by atoms with Crippen molar-refractivity contribution in [3.8, 4) is 0 Å². The van der Waals surface area contributed by atoms with Gasteiger partial charge >= 0.3 is 0 Å². The van der Waals surface area contributed by atoms with Crippen molar-refractivity contribution in [2.24, 2.45) is 0 Å². The predicted octanol–water partition coefficient (Wildman–Crippen LogP) is 2.58. The third-order valence-corrected chi connectivity index (χ3v) is 3.92. The number of hydrogen-bond acceptors (Lipinski definition) is 5. The van der Waals surface area contributed by atoms with Gasteiger partial charge in [0.2, 0.25) is 5.91 Å². The molecule has 1 aliphatic rings. The Morgan fingerprint density at radius 3 is 2.83 bits per heavy atom. The largest absolute Gasteiger partial charge is 0.497 e. The van der Waals surface area contributed by atoms with Gasteiger partial charge in [0.25, 0.3) is 0 Å². The Labute approximate surface area is 140 Å². The number of ether oxygens (including phenoxy) is 1. The summed E-state index contributed by atoms with van der Waals surface area (Å²) in [6, 6.07) is 7.20. The van der Waals surface area contributed by atoms with Gasteiger partial charge in [0.15, 0.2) is 0 Å². The molecule has 0 radical (unpaired) electrons. The highest BCUT2D eigenvalue weighted by Crippen LogP contribution is 2.17. The average molecular weight is 327 g/mol. The lowest BCUT2D eigenvalue weighted by Gasteiger charge is -2.20. The van der Waals surface area contributed by atoms with Crippen molar-refractivity contribution < 1.29 is 9.53 Å². The minimum Gasteiger partial charge on any atom is -0.497 e. The second-order valence-corrected chi connectivity index (χ2v) is 5.71. The van der Waals surface area contributed by atoms with Crippen LogP contribution in [-0.4, -0.2) is 33.3 Å². The Bertz CT molecular complexity index is 682. The molecule has 1 aliphatic heterocycles. The van der Waals surface area contributed by atoms with Crippen molar-refractivity contribution in [1.29, 1.82) is 0 Å². The summed E-state index contributed by atoms with van der Waals surface area (Å²) in [7, 11) is 0. The molecule has 0 saturated carbocycles. The molecule has 1 aromatic carbocycles. The summed E-state index contributed by atoms with van der Waals surface area (Å²) >= 11 is 0. The zero-order chi connectivity index (χ0) is 16.8. The first-order valence-corrected chi connectivity index (χ1v) is 8.02. The number of carbonyl (C=O) groups is 1. The van der Waals surface area contributed by atoms with E-state index in [4.69, 9.17) is 4.74 Å². The third kappa shape index (κ3) is 4.13. The van der Waals surface area contributed by atoms with Gasteiger partial charge in [0.05, 0.1) is 12.8 Å². The fourth-order valence-electron chi connectivity index (χ4n) is 2.42. The SMILES string of the molecule is C[C@H](C(=O)Nc1ccc(NC[C@H]2CCC=CO2)cc1)n1cncn1. The first kappa shape index (κ1) is 16.0. The second-order valence-electron chi connectivity index (χ2n) is 5.71. The summed E-state index contributed by atoms with van der Waals surface area (Å²) in [4.78, 5) is 16.0. The maximum atomic E-state index is 12.2. The molecule has 0 spiro atoms. The molecule has 2 atom stereocenters. The monoisotopic (exact) mass is 327 g/mol. The Balaban J connectivity index is 1.50. The summed E-state index contributed by atoms with van der Waals surface area (Å²) in [5.74, 6) is -0.136. The topological polar surface area (TPSA) is 81.1 Å². The van der Waals surface area contributed by atoms with E-state index < -0.39 is 6.04 Å². The lowest BCUT2D eigenvalue weighted by Crippen LogP contribution is -2.24. The van der Waals surface area contributed by atoms with Crippen molar-refractivity contribution in [1.82, 2.24) is 14.8 Å². The molecule has 7 nitrogen and oxygen atoms in total. The number of hydrogen-bond donors (Lipinski definition) is 2. The summed E-state index contributed by atoms with van der Waals surface area (Å²) in [6.07, 6.45) is 9.03. The molecule has 0 fully saturated rings. The molecule has 1 aromatic heterocycles. The van der Waals surface area contributed by atoms with E-state index in [1.165, 1.54) is 17.3 Å². The van der Waals surface area contributed by atoms with Crippen molar-refractivity contribution in [2.45, 2.75) is 31.9 Å². The molecule has 2 aromatic rings. The van der Waals surface area contributed by atoms with Crippen LogP contribution in [0.15, 0.2) is 49.3 Å². The van der Waals surface area contributed by atoms with E-state index in [1.807, 2.05) is 30.3 Å². The third-order valence-electron chi connectivity index (χ3n) is 3.92. The minimum absolute atomic E-state index is 0.136. The highest BCUT2D eigenvalue weighted by molar-refractivity contribution is 5.93. The molecule has 3 rings (SSSR count). The van der Waals surface area contributed by atoms with Gasteiger partial charge in [-0.3, -0.25) is 4.79 Å². The fraction of sp³-hybridized carbons (Fsp3) is 0.353. The van der Waals surface area contributed by atoms with Gasteiger partial charge in [-0.25, -0.2) is 9.67 Å². The summed E-state index contributed by atoms with van der Waals surface area (Å²) in [5, 5.41) is 10.2. The van der Waals surface area contributed by atoms with Crippen molar-refractivity contribution in [2.75, 3.05) is 17.2 Å². The van der Waals surface area contributed by atoms with Crippen LogP contribution in [0.4, 0.5) is 11.4 Å². The minimum atomic E-state index is -0.415. The number of nitrogens with one attached hydrogen (secondary N) is 2. The van der Waals surface area contributed by atoms with Crippen LogP contribution in [0.2, 0.25) is 0 Å². The Kier molecular flexibility index (Phi) is 5.10. The Hall–Kier alpha value is -2.83. The lowest BCUT2D eigenvalue weighted by atomic mass is 10.1. The Morgan fingerprint density at radius 2 is 2.17 bits per heavy atom. The van der Waals surface area contributed by atoms with Gasteiger partial charge in [0, 0.05) is 11.4 Å². The van der Waals surface area contributed by atoms with Gasteiger partial charge in [-0.2, -0.15) is 5.10 Å². The number of benzene rings is 1. The van der Waals surface area contributed by atoms with Crippen LogP contribution >= 0.6 is 0 Å². The van der Waals surface area contributed by atoms with Crippen LogP contribution in [0.25, 0.3) is 0 Å². The van der Waals surface area contributed by atoms with Gasteiger partial charge in [0.1, 0.15) is 24.8 Å². The van der Waals surface area contributed by atoms with E-state index in [2.05, 4.69) is 20.7 Å². The average Bonchev–Trinajstić information content (AvgIpc) is 3.16. The van der Waals surface area contributed by atoms with Crippen molar-refractivity contribution >= 4 is 17.3 Å². The number of anilines is 2. The predicted molar refractivity (Wildman–Crippen MR) is 91.5 cm³/mol. The van der Waals surface area contributed by atoms with E-state index in [0.29, 0.717) is 0 Å². The number of carbonyl (C=O) groups excluding carboxylic acids is 1. The Morgan fingerprint density at radius 1 is 1.38 bits per heavy atom. The standard InChI is InChI=1S/C17H21N5O2/c1-13(22-12-18-11-20-22)17(23)21-15-7-5-14(6-8-15)19-10-16-4-2-3-9-24-16/h3,5-9,11-13,16,19H,2,4,10H2,1H3,(H,21,23)/t13-,16-/m1/s1. The maximum Gasteiger partial charge on any atom is 0.249 e. The zero-order valence-electron chi connectivity index (χ0n) is 13.6. The van der Waals surface area contributed by atoms with E-state index in [-0.39, 0.29) is 12.0 Å². The first-order chi connectivity index (χ1) is 11.7. The number of aromatic nitrogens is 3. The van der Waals surface area contributed by atoms with E-state index in [0.717, 1.165) is 30.8 Å². The molecule has 0 unspecified atom stereocenters. The van der Waals surface area contributed by atoms with Crippen LogP contribution in [0.3, 0.4) is 0 Å². The number of rotatable bonds is 6. The highest BCUT2D eigenvalue weighted by Gasteiger charge is 2.15. The van der Waals surface area contributed by atoms with Crippen LogP contribution in [0.5, 0.6) is 0 Å². The summed E-state index contributed by atoms with van der Waals surface area (Å²) in [5.41, 5.74) is 1.74. The van der Waals surface area contributed by atoms with E-state index in [9.17, 15) is 4.79 Å². The molecular weight excluding hydrogens is 306 g/mol. The molecule has 2 N–H and O–H groups in total. The quantitative estimate of drug-likeness (QED) is 0.852. The normalized spacial score (nSPS) is 17.8. The molecule has 0 saturated heterocycles. The van der Waals surface area contributed by atoms with Crippen LogP contribution in [-0.2, 0) is 9.53 Å². The molecule has 1 amide bonds. The maximum absolute atomic E-state index is 12.2. The van der Waals surface area contributed by atoms with E-state index >= 15 is 0 Å². The molecule has 7 heteroatoms. The van der Waals surface area contributed by atoms with Gasteiger partial charge in [-0.05, 0) is 50.1 Å². The number of nitrogens with zero attached hydrogens (tertiary/aromatic N) is 3.